The molecule has 8 nitrogen and oxygen atoms in total. The molecule has 0 amide bonds. The Bertz CT molecular complexity index is 398. The lowest BCUT2D eigenvalue weighted by Crippen LogP contribution is -2.39. The standard InChI is InChI=1S/C12H16O8/c1-3-5-7-17-8(13)9(14)18-12(6-4-2)19-10(15)11(16)20-12/h3-7H2,1-2H3. The number of carbonyl (C=O) groups is 4. The second-order valence-corrected chi connectivity index (χ2v) is 4.09. The Balaban J connectivity index is 2.62. The highest BCUT2D eigenvalue weighted by Gasteiger charge is 2.52. The van der Waals surface area contributed by atoms with Gasteiger partial charge in [-0.25, -0.2) is 19.2 Å². The zero-order valence-electron chi connectivity index (χ0n) is 11.3. The van der Waals surface area contributed by atoms with Crippen LogP contribution in [0.25, 0.3) is 0 Å². The van der Waals surface area contributed by atoms with Crippen LogP contribution in [-0.2, 0) is 38.1 Å². The van der Waals surface area contributed by atoms with Gasteiger partial charge in [0, 0.05) is 0 Å². The van der Waals surface area contributed by atoms with Crippen LogP contribution < -0.4 is 0 Å². The van der Waals surface area contributed by atoms with Crippen LogP contribution in [0.1, 0.15) is 39.5 Å². The lowest BCUT2D eigenvalue weighted by Gasteiger charge is -2.23. The maximum absolute atomic E-state index is 11.5. The van der Waals surface area contributed by atoms with E-state index in [1.54, 1.807) is 6.92 Å². The van der Waals surface area contributed by atoms with Crippen molar-refractivity contribution in [1.29, 1.82) is 0 Å². The highest BCUT2D eigenvalue weighted by atomic mass is 16.9. The normalized spacial score (nSPS) is 16.3. The smallest absolute Gasteiger partial charge is 0.424 e. The molecule has 0 aromatic heterocycles. The van der Waals surface area contributed by atoms with E-state index in [9.17, 15) is 19.2 Å². The Morgan fingerprint density at radius 1 is 1.05 bits per heavy atom. The minimum atomic E-state index is -2.16. The summed E-state index contributed by atoms with van der Waals surface area (Å²) in [5.74, 6) is -7.31. The van der Waals surface area contributed by atoms with Crippen molar-refractivity contribution in [2.24, 2.45) is 0 Å². The van der Waals surface area contributed by atoms with Crippen molar-refractivity contribution in [2.45, 2.75) is 45.5 Å². The van der Waals surface area contributed by atoms with Crippen molar-refractivity contribution in [2.75, 3.05) is 6.61 Å². The number of hydrogen-bond donors (Lipinski definition) is 0. The first-order chi connectivity index (χ1) is 9.44. The Hall–Kier alpha value is -2.12. The summed E-state index contributed by atoms with van der Waals surface area (Å²) in [6.45, 7) is 3.65. The molecule has 1 aliphatic heterocycles. The first kappa shape index (κ1) is 15.9. The minimum Gasteiger partial charge on any atom is -0.457 e. The van der Waals surface area contributed by atoms with Crippen LogP contribution in [0.15, 0.2) is 0 Å². The lowest BCUT2D eigenvalue weighted by molar-refractivity contribution is -0.303. The van der Waals surface area contributed by atoms with E-state index >= 15 is 0 Å². The molecule has 0 saturated carbocycles. The number of carbonyl (C=O) groups excluding carboxylic acids is 4. The Labute approximate surface area is 115 Å². The zero-order valence-corrected chi connectivity index (χ0v) is 11.3. The van der Waals surface area contributed by atoms with Gasteiger partial charge in [0.15, 0.2) is 0 Å². The fourth-order valence-electron chi connectivity index (χ4n) is 1.44. The molecule has 1 aliphatic rings. The van der Waals surface area contributed by atoms with Crippen molar-refractivity contribution >= 4 is 23.9 Å². The van der Waals surface area contributed by atoms with E-state index in [2.05, 4.69) is 18.9 Å². The van der Waals surface area contributed by atoms with E-state index in [1.165, 1.54) is 0 Å². The molecule has 0 unspecified atom stereocenters. The molecule has 0 aliphatic carbocycles. The molecular weight excluding hydrogens is 272 g/mol. The summed E-state index contributed by atoms with van der Waals surface area (Å²) in [4.78, 5) is 44.9. The highest BCUT2D eigenvalue weighted by molar-refractivity contribution is 6.32. The van der Waals surface area contributed by atoms with Gasteiger partial charge in [-0.15, -0.1) is 0 Å². The zero-order chi connectivity index (χ0) is 15.2. The molecule has 20 heavy (non-hydrogen) atoms. The molecule has 112 valence electrons. The summed E-state index contributed by atoms with van der Waals surface area (Å²) < 4.78 is 18.5. The van der Waals surface area contributed by atoms with Crippen molar-refractivity contribution in [3.63, 3.8) is 0 Å². The van der Waals surface area contributed by atoms with Gasteiger partial charge in [-0.2, -0.15) is 0 Å². The number of esters is 4. The van der Waals surface area contributed by atoms with E-state index < -0.39 is 29.9 Å². The molecule has 0 spiro atoms. The van der Waals surface area contributed by atoms with Crippen LogP contribution in [-0.4, -0.2) is 36.5 Å². The van der Waals surface area contributed by atoms with Crippen molar-refractivity contribution in [3.05, 3.63) is 0 Å². The lowest BCUT2D eigenvalue weighted by atomic mass is 10.3. The maximum Gasteiger partial charge on any atom is 0.424 e. The number of hydrogen-bond acceptors (Lipinski definition) is 8. The van der Waals surface area contributed by atoms with Crippen LogP contribution in [0.3, 0.4) is 0 Å². The van der Waals surface area contributed by atoms with Gasteiger partial charge in [-0.1, -0.05) is 20.3 Å². The molecule has 0 bridgehead atoms. The molecule has 0 radical (unpaired) electrons. The predicted molar refractivity (Wildman–Crippen MR) is 61.8 cm³/mol. The van der Waals surface area contributed by atoms with Gasteiger partial charge in [-0.05, 0) is 12.8 Å². The third-order valence-electron chi connectivity index (χ3n) is 2.37. The molecule has 1 heterocycles. The molecule has 1 fully saturated rings. The monoisotopic (exact) mass is 288 g/mol. The second-order valence-electron chi connectivity index (χ2n) is 4.09. The quantitative estimate of drug-likeness (QED) is 0.393. The Morgan fingerprint density at radius 2 is 1.65 bits per heavy atom. The number of cyclic esters (lactones) is 2. The van der Waals surface area contributed by atoms with Crippen LogP contribution in [0.4, 0.5) is 0 Å². The fourth-order valence-corrected chi connectivity index (χ4v) is 1.44. The van der Waals surface area contributed by atoms with Crippen LogP contribution in [0.2, 0.25) is 0 Å². The van der Waals surface area contributed by atoms with Gasteiger partial charge >= 0.3 is 29.9 Å². The van der Waals surface area contributed by atoms with Gasteiger partial charge in [-0.3, -0.25) is 0 Å². The van der Waals surface area contributed by atoms with Crippen molar-refractivity contribution in [1.82, 2.24) is 0 Å². The molecule has 8 heteroatoms. The molecule has 0 N–H and O–H groups in total. The van der Waals surface area contributed by atoms with Gasteiger partial charge in [0.1, 0.15) is 0 Å². The average Bonchev–Trinajstić information content (AvgIpc) is 2.65. The Kier molecular flexibility index (Phi) is 5.48. The average molecular weight is 288 g/mol. The number of ether oxygens (including phenoxy) is 4. The fraction of sp³-hybridized carbons (Fsp3) is 0.667. The van der Waals surface area contributed by atoms with Crippen LogP contribution in [0, 0.1) is 0 Å². The van der Waals surface area contributed by atoms with E-state index in [4.69, 9.17) is 0 Å². The van der Waals surface area contributed by atoms with E-state index in [0.717, 1.165) is 6.42 Å². The van der Waals surface area contributed by atoms with Gasteiger partial charge in [0.25, 0.3) is 0 Å². The summed E-state index contributed by atoms with van der Waals surface area (Å²) in [6.07, 6.45) is 1.71. The van der Waals surface area contributed by atoms with E-state index in [0.29, 0.717) is 12.8 Å². The summed E-state index contributed by atoms with van der Waals surface area (Å²) >= 11 is 0. The number of rotatable bonds is 6. The third kappa shape index (κ3) is 3.94. The Morgan fingerprint density at radius 3 is 2.15 bits per heavy atom. The van der Waals surface area contributed by atoms with E-state index in [-0.39, 0.29) is 13.0 Å². The van der Waals surface area contributed by atoms with Crippen molar-refractivity contribution in [3.8, 4) is 0 Å². The SMILES string of the molecule is CCCCOC(=O)C(=O)OC1(CCC)OC(=O)C(=O)O1. The highest BCUT2D eigenvalue weighted by Crippen LogP contribution is 2.28. The van der Waals surface area contributed by atoms with Crippen LogP contribution >= 0.6 is 0 Å². The predicted octanol–water partition coefficient (Wildman–Crippen LogP) is 0.427. The molecule has 0 aromatic carbocycles. The van der Waals surface area contributed by atoms with Crippen molar-refractivity contribution < 1.29 is 38.1 Å². The van der Waals surface area contributed by atoms with Gasteiger partial charge in [0.2, 0.25) is 0 Å². The summed E-state index contributed by atoms with van der Waals surface area (Å²) in [6, 6.07) is 0. The molecule has 1 rings (SSSR count). The summed E-state index contributed by atoms with van der Waals surface area (Å²) in [5.41, 5.74) is 0. The third-order valence-corrected chi connectivity index (χ3v) is 2.37. The van der Waals surface area contributed by atoms with E-state index in [1.807, 2.05) is 6.92 Å². The largest absolute Gasteiger partial charge is 0.457 e. The first-order valence-corrected chi connectivity index (χ1v) is 6.30. The summed E-state index contributed by atoms with van der Waals surface area (Å²) in [7, 11) is 0. The minimum absolute atomic E-state index is 0.0710. The topological polar surface area (TPSA) is 105 Å². The molecule has 0 atom stereocenters. The van der Waals surface area contributed by atoms with Gasteiger partial charge in [0.05, 0.1) is 13.0 Å². The molecular formula is C12H16O8. The molecule has 0 aromatic rings. The maximum atomic E-state index is 11.5. The molecule has 1 saturated heterocycles. The van der Waals surface area contributed by atoms with Crippen LogP contribution in [0.5, 0.6) is 0 Å². The van der Waals surface area contributed by atoms with Gasteiger partial charge < -0.3 is 18.9 Å². The second kappa shape index (κ2) is 6.88. The summed E-state index contributed by atoms with van der Waals surface area (Å²) in [5, 5.41) is 0. The number of unbranched alkanes of at least 4 members (excludes halogenated alkanes) is 1. The first-order valence-electron chi connectivity index (χ1n) is 6.30.